The van der Waals surface area contributed by atoms with E-state index in [0.29, 0.717) is 0 Å². The lowest BCUT2D eigenvalue weighted by Gasteiger charge is -2.22. The van der Waals surface area contributed by atoms with Crippen LogP contribution in [0.15, 0.2) is 0 Å². The second kappa shape index (κ2) is 5.39. The first-order valence-electron chi connectivity index (χ1n) is 4.00. The van der Waals surface area contributed by atoms with E-state index >= 15 is 0 Å². The summed E-state index contributed by atoms with van der Waals surface area (Å²) >= 11 is 0. The van der Waals surface area contributed by atoms with Gasteiger partial charge in [0.15, 0.2) is 6.17 Å². The highest BCUT2D eigenvalue weighted by atomic mass is 31.2. The van der Waals surface area contributed by atoms with E-state index in [-0.39, 0.29) is 0 Å². The summed E-state index contributed by atoms with van der Waals surface area (Å²) < 4.78 is 74.8. The van der Waals surface area contributed by atoms with E-state index in [0.717, 1.165) is 6.92 Å². The van der Waals surface area contributed by atoms with Crippen LogP contribution in [0.2, 0.25) is 0 Å². The highest BCUT2D eigenvalue weighted by molar-refractivity contribution is 7.46. The molecule has 2 unspecified atom stereocenters. The zero-order valence-corrected chi connectivity index (χ0v) is 8.88. The number of halogens is 5. The predicted molar refractivity (Wildman–Crippen MR) is 43.1 cm³/mol. The molecule has 0 aliphatic heterocycles. The Morgan fingerprint density at radius 1 is 1.31 bits per heavy atom. The summed E-state index contributed by atoms with van der Waals surface area (Å²) in [6, 6.07) is 0. The molecule has 0 amide bonds. The van der Waals surface area contributed by atoms with E-state index in [1.807, 2.05) is 0 Å². The Balaban J connectivity index is 4.35. The first-order valence-corrected chi connectivity index (χ1v) is 5.53. The molecule has 0 spiro atoms. The van der Waals surface area contributed by atoms with Gasteiger partial charge in [0.2, 0.25) is 0 Å². The summed E-state index contributed by atoms with van der Waals surface area (Å²) in [5.41, 5.74) is 0. The molecule has 0 aliphatic rings. The normalized spacial score (nSPS) is 17.6. The Morgan fingerprint density at radius 2 is 1.75 bits per heavy atom. The molecular weight excluding hydrogens is 262 g/mol. The summed E-state index contributed by atoms with van der Waals surface area (Å²) in [5.74, 6) is -4.87. The van der Waals surface area contributed by atoms with Gasteiger partial charge < -0.3 is 9.79 Å². The van der Waals surface area contributed by atoms with E-state index in [9.17, 15) is 26.5 Å². The summed E-state index contributed by atoms with van der Waals surface area (Å²) in [4.78, 5) is 16.5. The van der Waals surface area contributed by atoms with Crippen molar-refractivity contribution in [1.82, 2.24) is 0 Å². The SMILES string of the molecule is CC(CC(F)C(F)(F)C(F)F)OP(=O)(O)O. The fraction of sp³-hybridized carbons (Fsp3) is 1.00. The molecule has 0 heterocycles. The van der Waals surface area contributed by atoms with Gasteiger partial charge in [0.05, 0.1) is 6.10 Å². The van der Waals surface area contributed by atoms with Crippen LogP contribution in [0.25, 0.3) is 0 Å². The van der Waals surface area contributed by atoms with Gasteiger partial charge in [-0.25, -0.2) is 17.7 Å². The minimum atomic E-state index is -4.95. The van der Waals surface area contributed by atoms with Gasteiger partial charge in [0, 0.05) is 6.42 Å². The lowest BCUT2D eigenvalue weighted by molar-refractivity contribution is -0.175. The highest BCUT2D eigenvalue weighted by Crippen LogP contribution is 2.40. The molecule has 0 saturated carbocycles. The van der Waals surface area contributed by atoms with Crippen LogP contribution in [0.4, 0.5) is 22.0 Å². The van der Waals surface area contributed by atoms with Gasteiger partial charge >= 0.3 is 20.2 Å². The van der Waals surface area contributed by atoms with Crippen molar-refractivity contribution in [1.29, 1.82) is 0 Å². The monoisotopic (exact) mass is 272 g/mol. The molecule has 10 heteroatoms. The van der Waals surface area contributed by atoms with Crippen molar-refractivity contribution in [2.24, 2.45) is 0 Å². The van der Waals surface area contributed by atoms with Crippen LogP contribution in [0, 0.1) is 0 Å². The zero-order valence-electron chi connectivity index (χ0n) is 7.99. The third-order valence-corrected chi connectivity index (χ3v) is 2.20. The fourth-order valence-corrected chi connectivity index (χ4v) is 1.42. The molecule has 4 nitrogen and oxygen atoms in total. The Hall–Kier alpha value is -0.240. The van der Waals surface area contributed by atoms with Crippen molar-refractivity contribution < 1.29 is 40.8 Å². The van der Waals surface area contributed by atoms with Gasteiger partial charge in [0.25, 0.3) is 0 Å². The minimum absolute atomic E-state index is 0.882. The molecule has 0 radical (unpaired) electrons. The molecule has 0 aliphatic carbocycles. The number of hydrogen-bond donors (Lipinski definition) is 2. The quantitative estimate of drug-likeness (QED) is 0.574. The molecule has 0 fully saturated rings. The Bertz CT molecular complexity index is 268. The van der Waals surface area contributed by atoms with Gasteiger partial charge in [-0.1, -0.05) is 0 Å². The molecule has 2 atom stereocenters. The Morgan fingerprint density at radius 3 is 2.06 bits per heavy atom. The number of hydrogen-bond acceptors (Lipinski definition) is 2. The van der Waals surface area contributed by atoms with Crippen molar-refractivity contribution >= 4 is 7.82 Å². The molecule has 16 heavy (non-hydrogen) atoms. The Kier molecular flexibility index (Phi) is 5.31. The van der Waals surface area contributed by atoms with Crippen molar-refractivity contribution in [3.05, 3.63) is 0 Å². The summed E-state index contributed by atoms with van der Waals surface area (Å²) in [6.45, 7) is 0.882. The minimum Gasteiger partial charge on any atom is -0.303 e. The largest absolute Gasteiger partial charge is 0.469 e. The molecule has 0 rings (SSSR count). The number of phosphoric acid groups is 1. The molecule has 98 valence electrons. The highest BCUT2D eigenvalue weighted by Gasteiger charge is 2.50. The van der Waals surface area contributed by atoms with Crippen LogP contribution in [0.1, 0.15) is 13.3 Å². The molecule has 0 aromatic rings. The van der Waals surface area contributed by atoms with Crippen LogP contribution in [0.5, 0.6) is 0 Å². The average molecular weight is 272 g/mol. The van der Waals surface area contributed by atoms with Gasteiger partial charge in [0.1, 0.15) is 0 Å². The van der Waals surface area contributed by atoms with Crippen molar-refractivity contribution in [3.63, 3.8) is 0 Å². The standard InChI is InChI=1S/C6H10F5O4P/c1-3(15-16(12,13)14)2-4(7)6(10,11)5(8)9/h3-5H,2H2,1H3,(H2,12,13,14). The molecule has 0 bridgehead atoms. The third-order valence-electron chi connectivity index (χ3n) is 1.56. The first-order chi connectivity index (χ1) is 6.97. The zero-order chi connectivity index (χ0) is 13.1. The number of rotatable bonds is 6. The van der Waals surface area contributed by atoms with Crippen molar-refractivity contribution in [2.45, 2.75) is 38.0 Å². The van der Waals surface area contributed by atoms with E-state index in [1.165, 1.54) is 0 Å². The second-order valence-corrected chi connectivity index (χ2v) is 4.28. The van der Waals surface area contributed by atoms with Gasteiger partial charge in [-0.3, -0.25) is 4.52 Å². The summed E-state index contributed by atoms with van der Waals surface area (Å²) in [6.07, 6.45) is -10.3. The Labute approximate surface area is 87.6 Å². The van der Waals surface area contributed by atoms with Gasteiger partial charge in [-0.15, -0.1) is 0 Å². The maximum Gasteiger partial charge on any atom is 0.469 e. The fourth-order valence-electron chi connectivity index (χ4n) is 0.863. The number of alkyl halides is 5. The first kappa shape index (κ1) is 15.8. The van der Waals surface area contributed by atoms with E-state index in [1.54, 1.807) is 0 Å². The van der Waals surface area contributed by atoms with Gasteiger partial charge in [-0.05, 0) is 6.92 Å². The predicted octanol–water partition coefficient (Wildman–Crippen LogP) is 2.11. The molecule has 0 aromatic carbocycles. The number of phosphoric ester groups is 1. The topological polar surface area (TPSA) is 66.8 Å². The van der Waals surface area contributed by atoms with Crippen molar-refractivity contribution in [3.8, 4) is 0 Å². The molecule has 0 saturated heterocycles. The summed E-state index contributed by atoms with van der Waals surface area (Å²) in [7, 11) is -4.95. The van der Waals surface area contributed by atoms with Crippen LogP contribution < -0.4 is 0 Å². The maximum absolute atomic E-state index is 12.7. The van der Waals surface area contributed by atoms with E-state index < -0.39 is 38.9 Å². The molecule has 0 aromatic heterocycles. The van der Waals surface area contributed by atoms with Crippen LogP contribution >= 0.6 is 7.82 Å². The second-order valence-electron chi connectivity index (χ2n) is 3.09. The van der Waals surface area contributed by atoms with Gasteiger partial charge in [-0.2, -0.15) is 8.78 Å². The van der Waals surface area contributed by atoms with E-state index in [2.05, 4.69) is 4.52 Å². The third kappa shape index (κ3) is 5.20. The average Bonchev–Trinajstić information content (AvgIpc) is 1.99. The summed E-state index contributed by atoms with van der Waals surface area (Å²) in [5, 5.41) is 0. The smallest absolute Gasteiger partial charge is 0.303 e. The molecular formula is C6H10F5O4P. The van der Waals surface area contributed by atoms with Crippen LogP contribution in [0.3, 0.4) is 0 Å². The maximum atomic E-state index is 12.7. The lowest BCUT2D eigenvalue weighted by atomic mass is 10.1. The van der Waals surface area contributed by atoms with Crippen LogP contribution in [-0.2, 0) is 9.09 Å². The molecule has 2 N–H and O–H groups in total. The lowest BCUT2D eigenvalue weighted by Crippen LogP contribution is -2.39. The van der Waals surface area contributed by atoms with E-state index in [4.69, 9.17) is 9.79 Å². The van der Waals surface area contributed by atoms with Crippen molar-refractivity contribution in [2.75, 3.05) is 0 Å². The van der Waals surface area contributed by atoms with Crippen LogP contribution in [-0.4, -0.2) is 34.4 Å².